The number of hydrogen-bond acceptors (Lipinski definition) is 2. The molecule has 1 atom stereocenters. The summed E-state index contributed by atoms with van der Waals surface area (Å²) in [5, 5.41) is 0. The molecule has 0 saturated carbocycles. The summed E-state index contributed by atoms with van der Waals surface area (Å²) in [5.74, 6) is 0.384. The standard InChI is InChI=1S/C13H12O2/c14-13-12(7-4-10-15-13)9-8-11-5-2-1-3-6-11/h1-5,7-11H,6H2. The van der Waals surface area contributed by atoms with E-state index in [1.165, 1.54) is 6.26 Å². The molecule has 1 unspecified atom stereocenters. The molecular formula is C13H12O2. The molecule has 1 aromatic rings. The first-order valence-electron chi connectivity index (χ1n) is 4.95. The Kier molecular flexibility index (Phi) is 2.98. The van der Waals surface area contributed by atoms with Gasteiger partial charge in [0.2, 0.25) is 0 Å². The lowest BCUT2D eigenvalue weighted by Crippen LogP contribution is -2.01. The fraction of sp³-hybridized carbons (Fsp3) is 0.154. The van der Waals surface area contributed by atoms with Crippen LogP contribution < -0.4 is 5.63 Å². The normalized spacial score (nSPS) is 19.9. The molecule has 0 spiro atoms. The van der Waals surface area contributed by atoms with Crippen molar-refractivity contribution in [3.63, 3.8) is 0 Å². The van der Waals surface area contributed by atoms with Crippen molar-refractivity contribution in [3.8, 4) is 0 Å². The van der Waals surface area contributed by atoms with Crippen LogP contribution in [-0.2, 0) is 0 Å². The predicted octanol–water partition coefficient (Wildman–Crippen LogP) is 2.79. The lowest BCUT2D eigenvalue weighted by molar-refractivity contribution is 0.509. The minimum atomic E-state index is -0.288. The van der Waals surface area contributed by atoms with E-state index in [9.17, 15) is 4.79 Å². The molecule has 0 saturated heterocycles. The van der Waals surface area contributed by atoms with Crippen LogP contribution in [0.2, 0.25) is 0 Å². The third-order valence-electron chi connectivity index (χ3n) is 2.30. The minimum Gasteiger partial charge on any atom is -0.431 e. The lowest BCUT2D eigenvalue weighted by Gasteiger charge is -2.06. The van der Waals surface area contributed by atoms with E-state index in [1.807, 2.05) is 24.3 Å². The van der Waals surface area contributed by atoms with Crippen molar-refractivity contribution >= 4 is 6.08 Å². The highest BCUT2D eigenvalue weighted by Crippen LogP contribution is 2.13. The van der Waals surface area contributed by atoms with Crippen LogP contribution in [0.25, 0.3) is 6.08 Å². The van der Waals surface area contributed by atoms with Crippen LogP contribution in [0.15, 0.2) is 58.0 Å². The Labute approximate surface area is 88.2 Å². The zero-order valence-corrected chi connectivity index (χ0v) is 8.30. The van der Waals surface area contributed by atoms with E-state index in [4.69, 9.17) is 4.42 Å². The second-order valence-electron chi connectivity index (χ2n) is 3.43. The Balaban J connectivity index is 2.12. The first-order valence-corrected chi connectivity index (χ1v) is 4.95. The summed E-state index contributed by atoms with van der Waals surface area (Å²) in [4.78, 5) is 11.2. The second kappa shape index (κ2) is 4.60. The van der Waals surface area contributed by atoms with Gasteiger partial charge in [-0.25, -0.2) is 4.79 Å². The average molecular weight is 200 g/mol. The topological polar surface area (TPSA) is 30.2 Å². The lowest BCUT2D eigenvalue weighted by atomic mass is 10.00. The van der Waals surface area contributed by atoms with Crippen LogP contribution in [-0.4, -0.2) is 0 Å². The van der Waals surface area contributed by atoms with Crippen LogP contribution in [0, 0.1) is 5.92 Å². The second-order valence-corrected chi connectivity index (χ2v) is 3.43. The summed E-state index contributed by atoms with van der Waals surface area (Å²) in [5.41, 5.74) is 0.310. The molecule has 0 aromatic carbocycles. The highest BCUT2D eigenvalue weighted by Gasteiger charge is 2.00. The van der Waals surface area contributed by atoms with Gasteiger partial charge in [0.25, 0.3) is 0 Å². The van der Waals surface area contributed by atoms with Crippen molar-refractivity contribution < 1.29 is 4.42 Å². The van der Waals surface area contributed by atoms with Crippen LogP contribution >= 0.6 is 0 Å². The molecule has 0 amide bonds. The number of allylic oxidation sites excluding steroid dienone is 5. The molecule has 1 aliphatic carbocycles. The van der Waals surface area contributed by atoms with E-state index >= 15 is 0 Å². The van der Waals surface area contributed by atoms with E-state index < -0.39 is 0 Å². The van der Waals surface area contributed by atoms with Gasteiger partial charge in [-0.05, 0) is 24.5 Å². The molecule has 15 heavy (non-hydrogen) atoms. The zero-order chi connectivity index (χ0) is 10.5. The molecule has 0 fully saturated rings. The molecule has 2 nitrogen and oxygen atoms in total. The summed E-state index contributed by atoms with van der Waals surface area (Å²) in [6.07, 6.45) is 14.5. The van der Waals surface area contributed by atoms with Crippen molar-refractivity contribution in [3.05, 3.63) is 64.8 Å². The highest BCUT2D eigenvalue weighted by atomic mass is 16.4. The Morgan fingerprint density at radius 2 is 2.33 bits per heavy atom. The van der Waals surface area contributed by atoms with E-state index in [0.717, 1.165) is 6.42 Å². The van der Waals surface area contributed by atoms with Gasteiger partial charge < -0.3 is 4.42 Å². The van der Waals surface area contributed by atoms with Gasteiger partial charge >= 0.3 is 5.63 Å². The van der Waals surface area contributed by atoms with Crippen LogP contribution in [0.5, 0.6) is 0 Å². The summed E-state index contributed by atoms with van der Waals surface area (Å²) in [6.45, 7) is 0. The van der Waals surface area contributed by atoms with E-state index in [-0.39, 0.29) is 5.63 Å². The van der Waals surface area contributed by atoms with E-state index in [1.54, 1.807) is 12.1 Å². The highest BCUT2D eigenvalue weighted by molar-refractivity contribution is 5.47. The Bertz CT molecular complexity index is 463. The molecule has 1 aromatic heterocycles. The summed E-state index contributed by atoms with van der Waals surface area (Å²) in [7, 11) is 0. The van der Waals surface area contributed by atoms with Gasteiger partial charge in [0.05, 0.1) is 11.8 Å². The number of rotatable bonds is 2. The molecule has 0 bridgehead atoms. The van der Waals surface area contributed by atoms with Gasteiger partial charge in [0.15, 0.2) is 0 Å². The van der Waals surface area contributed by atoms with Gasteiger partial charge in [-0.15, -0.1) is 0 Å². The molecule has 2 heteroatoms. The zero-order valence-electron chi connectivity index (χ0n) is 8.30. The monoisotopic (exact) mass is 200 g/mol. The Hall–Kier alpha value is -1.83. The van der Waals surface area contributed by atoms with Crippen molar-refractivity contribution in [2.75, 3.05) is 0 Å². The van der Waals surface area contributed by atoms with Gasteiger partial charge in [-0.1, -0.05) is 36.5 Å². The van der Waals surface area contributed by atoms with Gasteiger partial charge in [-0.3, -0.25) is 0 Å². The molecule has 0 aliphatic heterocycles. The fourth-order valence-corrected chi connectivity index (χ4v) is 1.47. The maximum Gasteiger partial charge on any atom is 0.342 e. The SMILES string of the molecule is O=c1occcc1C=CC1C=CC=CC1. The van der Waals surface area contributed by atoms with Crippen LogP contribution in [0.4, 0.5) is 0 Å². The maximum absolute atomic E-state index is 11.2. The molecule has 76 valence electrons. The Morgan fingerprint density at radius 1 is 1.40 bits per heavy atom. The predicted molar refractivity (Wildman–Crippen MR) is 60.4 cm³/mol. The average Bonchev–Trinajstić information content (AvgIpc) is 2.29. The molecule has 2 rings (SSSR count). The van der Waals surface area contributed by atoms with Crippen molar-refractivity contribution in [2.45, 2.75) is 6.42 Å². The maximum atomic E-state index is 11.2. The molecule has 1 aliphatic rings. The minimum absolute atomic E-state index is 0.288. The Morgan fingerprint density at radius 3 is 3.07 bits per heavy atom. The third-order valence-corrected chi connectivity index (χ3v) is 2.30. The summed E-state index contributed by atoms with van der Waals surface area (Å²) in [6, 6.07) is 3.47. The number of hydrogen-bond donors (Lipinski definition) is 0. The first-order chi connectivity index (χ1) is 7.36. The van der Waals surface area contributed by atoms with Crippen molar-refractivity contribution in [1.29, 1.82) is 0 Å². The smallest absolute Gasteiger partial charge is 0.342 e. The van der Waals surface area contributed by atoms with Gasteiger partial charge in [0.1, 0.15) is 0 Å². The molecule has 0 N–H and O–H groups in total. The molecule has 1 heterocycles. The van der Waals surface area contributed by atoms with Crippen LogP contribution in [0.1, 0.15) is 12.0 Å². The third kappa shape index (κ3) is 2.56. The van der Waals surface area contributed by atoms with Crippen LogP contribution in [0.3, 0.4) is 0 Å². The molecule has 0 radical (unpaired) electrons. The van der Waals surface area contributed by atoms with Gasteiger partial charge in [0, 0.05) is 0 Å². The quantitative estimate of drug-likeness (QED) is 0.734. The van der Waals surface area contributed by atoms with E-state index in [0.29, 0.717) is 11.5 Å². The van der Waals surface area contributed by atoms with Gasteiger partial charge in [-0.2, -0.15) is 0 Å². The summed E-state index contributed by atoms with van der Waals surface area (Å²) >= 11 is 0. The van der Waals surface area contributed by atoms with Crippen molar-refractivity contribution in [1.82, 2.24) is 0 Å². The molecular weight excluding hydrogens is 188 g/mol. The summed E-state index contributed by atoms with van der Waals surface area (Å²) < 4.78 is 4.76. The largest absolute Gasteiger partial charge is 0.431 e. The van der Waals surface area contributed by atoms with E-state index in [2.05, 4.69) is 12.2 Å². The van der Waals surface area contributed by atoms with Crippen molar-refractivity contribution in [2.24, 2.45) is 5.92 Å². The fourth-order valence-electron chi connectivity index (χ4n) is 1.47. The first kappa shape index (κ1) is 9.71.